The second-order valence-corrected chi connectivity index (χ2v) is 9.07. The molecule has 6 nitrogen and oxygen atoms in total. The van der Waals surface area contributed by atoms with E-state index in [0.29, 0.717) is 0 Å². The van der Waals surface area contributed by atoms with Gasteiger partial charge in [-0.1, -0.05) is 60.7 Å². The fourth-order valence-electron chi connectivity index (χ4n) is 5.26. The summed E-state index contributed by atoms with van der Waals surface area (Å²) in [6.45, 7) is 5.69. The molecular formula is C32H24N6. The first-order chi connectivity index (χ1) is 18.8. The Morgan fingerprint density at radius 1 is 0.789 bits per heavy atom. The van der Waals surface area contributed by atoms with Crippen LogP contribution < -0.4 is 0 Å². The first kappa shape index (κ1) is 22.0. The highest BCUT2D eigenvalue weighted by atomic mass is 15.3. The maximum absolute atomic E-state index is 5.24. The minimum Gasteiger partial charge on any atom is -0.292 e. The van der Waals surface area contributed by atoms with Crippen LogP contribution >= 0.6 is 0 Å². The number of allylic oxidation sites excluding steroid dienone is 3. The molecule has 38 heavy (non-hydrogen) atoms. The molecule has 0 radical (unpaired) electrons. The smallest absolute Gasteiger partial charge is 0.221 e. The van der Waals surface area contributed by atoms with Crippen molar-refractivity contribution in [2.24, 2.45) is 4.99 Å². The van der Waals surface area contributed by atoms with E-state index in [1.165, 1.54) is 0 Å². The molecule has 0 N–H and O–H groups in total. The third-order valence-electron chi connectivity index (χ3n) is 6.91. The highest BCUT2D eigenvalue weighted by Crippen LogP contribution is 2.36. The Kier molecular flexibility index (Phi) is 5.04. The van der Waals surface area contributed by atoms with Crippen molar-refractivity contribution >= 4 is 51.3 Å². The van der Waals surface area contributed by atoms with Crippen molar-refractivity contribution in [3.63, 3.8) is 0 Å². The second kappa shape index (κ2) is 8.71. The largest absolute Gasteiger partial charge is 0.292 e. The average Bonchev–Trinajstić information content (AvgIpc) is 3.60. The molecule has 7 aromatic rings. The highest BCUT2D eigenvalue weighted by Gasteiger charge is 2.23. The van der Waals surface area contributed by atoms with Crippen LogP contribution in [0.15, 0.2) is 120 Å². The standard InChI is InChI=1S/C32H24N6/c1-3-4-15-25(33-2)26-20-19-23(21-34-26)36-27-16-9-8-14-24(27)30-31(36)38-29-18-11-10-17-28(29)37(32(38)35-30)22-12-6-5-7-13-22/h3-21H,2H2,1H3/b4-3-,25-15-. The topological polar surface area (TPSA) is 52.4 Å². The molecule has 0 fully saturated rings. The Hall–Kier alpha value is -5.23. The zero-order chi connectivity index (χ0) is 25.6. The van der Waals surface area contributed by atoms with Gasteiger partial charge in [0.25, 0.3) is 0 Å². The summed E-state index contributed by atoms with van der Waals surface area (Å²) in [5.41, 5.74) is 8.77. The van der Waals surface area contributed by atoms with Crippen molar-refractivity contribution in [3.05, 3.63) is 121 Å². The Morgan fingerprint density at radius 2 is 1.53 bits per heavy atom. The molecule has 6 heteroatoms. The maximum atomic E-state index is 5.24. The Labute approximate surface area is 219 Å². The van der Waals surface area contributed by atoms with Gasteiger partial charge in [0.2, 0.25) is 5.78 Å². The average molecular weight is 493 g/mol. The van der Waals surface area contributed by atoms with Crippen molar-refractivity contribution < 1.29 is 0 Å². The molecule has 0 aliphatic heterocycles. The van der Waals surface area contributed by atoms with Gasteiger partial charge in [0.1, 0.15) is 5.52 Å². The highest BCUT2D eigenvalue weighted by molar-refractivity contribution is 6.09. The van der Waals surface area contributed by atoms with Gasteiger partial charge in [-0.3, -0.25) is 23.5 Å². The zero-order valence-electron chi connectivity index (χ0n) is 20.9. The number of nitrogens with zero attached hydrogens (tertiary/aromatic N) is 6. The van der Waals surface area contributed by atoms with Gasteiger partial charge in [-0.05, 0) is 62.2 Å². The number of fused-ring (bicyclic) bond motifs is 7. The van der Waals surface area contributed by atoms with Crippen LogP contribution in [0.4, 0.5) is 0 Å². The molecule has 0 atom stereocenters. The molecule has 182 valence electrons. The molecule has 0 unspecified atom stereocenters. The van der Waals surface area contributed by atoms with Crippen LogP contribution in [-0.4, -0.2) is 30.2 Å². The number of benzene rings is 3. The molecule has 0 saturated heterocycles. The summed E-state index contributed by atoms with van der Waals surface area (Å²) in [7, 11) is 0. The molecule has 3 aromatic carbocycles. The first-order valence-electron chi connectivity index (χ1n) is 12.5. The number of imidazole rings is 2. The van der Waals surface area contributed by atoms with E-state index >= 15 is 0 Å². The predicted octanol–water partition coefficient (Wildman–Crippen LogP) is 7.39. The summed E-state index contributed by atoms with van der Waals surface area (Å²) in [5, 5.41) is 1.10. The number of aliphatic imine (C=N–C) groups is 1. The normalized spacial score (nSPS) is 12.5. The lowest BCUT2D eigenvalue weighted by Gasteiger charge is -2.08. The lowest BCUT2D eigenvalue weighted by Crippen LogP contribution is -1.99. The monoisotopic (exact) mass is 492 g/mol. The number of hydrogen-bond donors (Lipinski definition) is 0. The minimum absolute atomic E-state index is 0.731. The number of para-hydroxylation sites is 4. The third kappa shape index (κ3) is 3.17. The van der Waals surface area contributed by atoms with Gasteiger partial charge in [0, 0.05) is 11.1 Å². The maximum Gasteiger partial charge on any atom is 0.221 e. The van der Waals surface area contributed by atoms with Gasteiger partial charge >= 0.3 is 0 Å². The second-order valence-electron chi connectivity index (χ2n) is 9.07. The fraction of sp³-hybridized carbons (Fsp3) is 0.0312. The summed E-state index contributed by atoms with van der Waals surface area (Å²) < 4.78 is 6.73. The van der Waals surface area contributed by atoms with E-state index in [9.17, 15) is 0 Å². The summed E-state index contributed by atoms with van der Waals surface area (Å²) in [5.74, 6) is 0.874. The van der Waals surface area contributed by atoms with E-state index in [4.69, 9.17) is 9.97 Å². The Morgan fingerprint density at radius 3 is 2.26 bits per heavy atom. The van der Waals surface area contributed by atoms with Crippen LogP contribution in [0, 0.1) is 0 Å². The number of pyridine rings is 1. The van der Waals surface area contributed by atoms with Crippen LogP contribution in [0.3, 0.4) is 0 Å². The van der Waals surface area contributed by atoms with Crippen molar-refractivity contribution in [1.82, 2.24) is 23.5 Å². The predicted molar refractivity (Wildman–Crippen MR) is 156 cm³/mol. The minimum atomic E-state index is 0.731. The van der Waals surface area contributed by atoms with Gasteiger partial charge in [0.05, 0.1) is 39.8 Å². The Bertz CT molecular complexity index is 2030. The van der Waals surface area contributed by atoms with Crippen LogP contribution in [0.25, 0.3) is 55.9 Å². The van der Waals surface area contributed by atoms with Gasteiger partial charge < -0.3 is 0 Å². The zero-order valence-corrected chi connectivity index (χ0v) is 20.9. The SMILES string of the molecule is C=N/C(=C\C=C/C)c1ccc(-n2c3ccccc3c3nc4n(-c5ccccc5)c5ccccc5n4c32)cn1. The van der Waals surface area contributed by atoms with E-state index in [0.717, 1.165) is 61.6 Å². The van der Waals surface area contributed by atoms with Crippen molar-refractivity contribution in [3.8, 4) is 11.4 Å². The van der Waals surface area contributed by atoms with Crippen LogP contribution in [-0.2, 0) is 0 Å². The summed E-state index contributed by atoms with van der Waals surface area (Å²) >= 11 is 0. The number of rotatable bonds is 5. The third-order valence-corrected chi connectivity index (χ3v) is 6.91. The molecule has 4 aromatic heterocycles. The van der Waals surface area contributed by atoms with E-state index in [1.54, 1.807) is 0 Å². The lowest BCUT2D eigenvalue weighted by molar-refractivity contribution is 1.07. The lowest BCUT2D eigenvalue weighted by atomic mass is 10.2. The molecule has 0 aliphatic carbocycles. The quantitative estimate of drug-likeness (QED) is 0.186. The number of hydrogen-bond acceptors (Lipinski definition) is 3. The molecular weight excluding hydrogens is 468 g/mol. The molecule has 0 aliphatic rings. The van der Waals surface area contributed by atoms with E-state index < -0.39 is 0 Å². The van der Waals surface area contributed by atoms with Crippen molar-refractivity contribution in [1.29, 1.82) is 0 Å². The van der Waals surface area contributed by atoms with Crippen molar-refractivity contribution in [2.75, 3.05) is 0 Å². The summed E-state index contributed by atoms with van der Waals surface area (Å²) in [4.78, 5) is 14.2. The van der Waals surface area contributed by atoms with Crippen LogP contribution in [0.1, 0.15) is 12.6 Å². The summed E-state index contributed by atoms with van der Waals surface area (Å²) in [6.07, 6.45) is 7.70. The van der Waals surface area contributed by atoms with E-state index in [2.05, 4.69) is 104 Å². The van der Waals surface area contributed by atoms with E-state index in [-0.39, 0.29) is 0 Å². The van der Waals surface area contributed by atoms with Crippen LogP contribution in [0.2, 0.25) is 0 Å². The molecule has 0 amide bonds. The molecule has 0 spiro atoms. The van der Waals surface area contributed by atoms with E-state index in [1.807, 2.05) is 43.5 Å². The first-order valence-corrected chi connectivity index (χ1v) is 12.5. The van der Waals surface area contributed by atoms with Gasteiger partial charge in [-0.15, -0.1) is 0 Å². The van der Waals surface area contributed by atoms with Crippen molar-refractivity contribution in [2.45, 2.75) is 6.92 Å². The summed E-state index contributed by atoms with van der Waals surface area (Å²) in [6, 6.07) is 31.3. The molecule has 0 bridgehead atoms. The van der Waals surface area contributed by atoms with Gasteiger partial charge in [-0.25, -0.2) is 4.98 Å². The van der Waals surface area contributed by atoms with Crippen LogP contribution in [0.5, 0.6) is 0 Å². The molecule has 0 saturated carbocycles. The molecule has 4 heterocycles. The Balaban J connectivity index is 1.57. The van der Waals surface area contributed by atoms with Gasteiger partial charge in [0.15, 0.2) is 5.65 Å². The molecule has 7 rings (SSSR count). The number of aromatic nitrogens is 5. The fourth-order valence-corrected chi connectivity index (χ4v) is 5.26. The van der Waals surface area contributed by atoms with Gasteiger partial charge in [-0.2, -0.15) is 0 Å².